The molecule has 1 saturated heterocycles. The van der Waals surface area contributed by atoms with Crippen molar-refractivity contribution in [2.75, 3.05) is 26.3 Å². The van der Waals surface area contributed by atoms with Crippen LogP contribution in [0.3, 0.4) is 0 Å². The van der Waals surface area contributed by atoms with Crippen LogP contribution in [0.2, 0.25) is 0 Å². The Morgan fingerprint density at radius 2 is 1.89 bits per heavy atom. The summed E-state index contributed by atoms with van der Waals surface area (Å²) >= 11 is 0. The van der Waals surface area contributed by atoms with Crippen LogP contribution >= 0.6 is 0 Å². The first-order valence-electron chi connectivity index (χ1n) is 6.64. The maximum atomic E-state index is 11.4. The van der Waals surface area contributed by atoms with Crippen molar-refractivity contribution in [3.63, 3.8) is 0 Å². The van der Waals surface area contributed by atoms with Gasteiger partial charge >= 0.3 is 11.8 Å². The zero-order chi connectivity index (χ0) is 13.7. The zero-order valence-corrected chi connectivity index (χ0v) is 10.8. The molecule has 2 aliphatic rings. The number of hydrogen-bond donors (Lipinski definition) is 3. The molecule has 2 rings (SSSR count). The molecule has 1 heterocycles. The van der Waals surface area contributed by atoms with Crippen LogP contribution in [0.1, 0.15) is 25.7 Å². The number of nitrogens with one attached hydrogen (secondary N) is 2. The van der Waals surface area contributed by atoms with Gasteiger partial charge in [-0.15, -0.1) is 0 Å². The van der Waals surface area contributed by atoms with Crippen LogP contribution < -0.4 is 10.6 Å². The van der Waals surface area contributed by atoms with Crippen LogP contribution in [0.4, 0.5) is 0 Å². The molecule has 0 radical (unpaired) electrons. The van der Waals surface area contributed by atoms with Gasteiger partial charge in [-0.2, -0.15) is 0 Å². The molecular formula is C12H20N2O5. The average Bonchev–Trinajstić information content (AvgIpc) is 3.04. The third-order valence-corrected chi connectivity index (χ3v) is 3.37. The summed E-state index contributed by atoms with van der Waals surface area (Å²) in [4.78, 5) is 22.7. The zero-order valence-electron chi connectivity index (χ0n) is 10.8. The summed E-state index contributed by atoms with van der Waals surface area (Å²) in [5.41, 5.74) is 0. The topological polar surface area (TPSA) is 96.9 Å². The van der Waals surface area contributed by atoms with Crippen molar-refractivity contribution in [2.24, 2.45) is 0 Å². The lowest BCUT2D eigenvalue weighted by Crippen LogP contribution is -2.44. The van der Waals surface area contributed by atoms with Crippen molar-refractivity contribution in [3.05, 3.63) is 0 Å². The lowest BCUT2D eigenvalue weighted by Gasteiger charge is -2.21. The Hall–Kier alpha value is -1.18. The van der Waals surface area contributed by atoms with E-state index in [9.17, 15) is 9.59 Å². The fourth-order valence-electron chi connectivity index (χ4n) is 2.43. The van der Waals surface area contributed by atoms with E-state index in [0.29, 0.717) is 6.61 Å². The molecule has 1 atom stereocenters. The molecule has 19 heavy (non-hydrogen) atoms. The number of aliphatic hydroxyl groups is 1. The highest BCUT2D eigenvalue weighted by Crippen LogP contribution is 2.38. The van der Waals surface area contributed by atoms with Gasteiger partial charge in [0, 0.05) is 25.9 Å². The maximum absolute atomic E-state index is 11.4. The van der Waals surface area contributed by atoms with Gasteiger partial charge in [0.1, 0.15) is 6.10 Å². The van der Waals surface area contributed by atoms with Crippen LogP contribution in [0.25, 0.3) is 0 Å². The molecule has 1 aliphatic carbocycles. The van der Waals surface area contributed by atoms with E-state index in [1.165, 1.54) is 0 Å². The van der Waals surface area contributed by atoms with Crippen LogP contribution in [0.15, 0.2) is 0 Å². The van der Waals surface area contributed by atoms with Gasteiger partial charge in [0.15, 0.2) is 5.79 Å². The molecule has 0 unspecified atom stereocenters. The molecule has 2 fully saturated rings. The minimum Gasteiger partial charge on any atom is -0.395 e. The summed E-state index contributed by atoms with van der Waals surface area (Å²) in [6.07, 6.45) is 3.79. The first kappa shape index (κ1) is 14.2. The molecule has 0 aromatic carbocycles. The van der Waals surface area contributed by atoms with E-state index in [-0.39, 0.29) is 25.8 Å². The summed E-state index contributed by atoms with van der Waals surface area (Å²) in [6, 6.07) is 0. The first-order valence-corrected chi connectivity index (χ1v) is 6.64. The van der Waals surface area contributed by atoms with Crippen LogP contribution in [-0.4, -0.2) is 55.1 Å². The number of carbonyl (C=O) groups is 2. The van der Waals surface area contributed by atoms with E-state index in [0.717, 1.165) is 25.7 Å². The minimum absolute atomic E-state index is 0.0679. The highest BCUT2D eigenvalue weighted by molar-refractivity contribution is 6.35. The normalized spacial score (nSPS) is 24.6. The summed E-state index contributed by atoms with van der Waals surface area (Å²) in [6.45, 7) is 0.575. The predicted molar refractivity (Wildman–Crippen MR) is 65.1 cm³/mol. The van der Waals surface area contributed by atoms with Gasteiger partial charge in [-0.05, 0) is 12.8 Å². The third-order valence-electron chi connectivity index (χ3n) is 3.37. The maximum Gasteiger partial charge on any atom is 0.309 e. The lowest BCUT2D eigenvalue weighted by atomic mass is 10.2. The quantitative estimate of drug-likeness (QED) is 0.564. The molecule has 3 N–H and O–H groups in total. The van der Waals surface area contributed by atoms with Gasteiger partial charge in [-0.1, -0.05) is 0 Å². The number of hydrogen-bond acceptors (Lipinski definition) is 5. The second-order valence-corrected chi connectivity index (χ2v) is 4.86. The van der Waals surface area contributed by atoms with E-state index < -0.39 is 17.6 Å². The third kappa shape index (κ3) is 3.65. The van der Waals surface area contributed by atoms with Gasteiger partial charge < -0.3 is 25.2 Å². The molecule has 7 heteroatoms. The molecule has 0 aromatic heterocycles. The molecule has 1 aliphatic heterocycles. The van der Waals surface area contributed by atoms with Crippen molar-refractivity contribution in [1.29, 1.82) is 0 Å². The molecular weight excluding hydrogens is 252 g/mol. The van der Waals surface area contributed by atoms with Gasteiger partial charge in [-0.3, -0.25) is 9.59 Å². The summed E-state index contributed by atoms with van der Waals surface area (Å²) in [5.74, 6) is -1.91. The van der Waals surface area contributed by atoms with Gasteiger partial charge in [-0.25, -0.2) is 0 Å². The molecule has 7 nitrogen and oxygen atoms in total. The summed E-state index contributed by atoms with van der Waals surface area (Å²) in [5, 5.41) is 13.3. The van der Waals surface area contributed by atoms with Gasteiger partial charge in [0.05, 0.1) is 13.2 Å². The largest absolute Gasteiger partial charge is 0.395 e. The van der Waals surface area contributed by atoms with Crippen LogP contribution in [0.5, 0.6) is 0 Å². The average molecular weight is 272 g/mol. The smallest absolute Gasteiger partial charge is 0.309 e. The summed E-state index contributed by atoms with van der Waals surface area (Å²) in [7, 11) is 0. The van der Waals surface area contributed by atoms with Crippen molar-refractivity contribution in [2.45, 2.75) is 37.6 Å². The Balaban J connectivity index is 1.68. The minimum atomic E-state index is -0.747. The summed E-state index contributed by atoms with van der Waals surface area (Å²) < 4.78 is 11.5. The second kappa shape index (κ2) is 6.31. The number of rotatable bonds is 4. The lowest BCUT2D eigenvalue weighted by molar-refractivity contribution is -0.161. The fourth-order valence-corrected chi connectivity index (χ4v) is 2.43. The second-order valence-electron chi connectivity index (χ2n) is 4.86. The highest BCUT2D eigenvalue weighted by Gasteiger charge is 2.43. The van der Waals surface area contributed by atoms with E-state index in [1.807, 2.05) is 0 Å². The van der Waals surface area contributed by atoms with E-state index in [2.05, 4.69) is 10.6 Å². The number of ether oxygens (including phenoxy) is 2. The van der Waals surface area contributed by atoms with Crippen molar-refractivity contribution in [1.82, 2.24) is 10.6 Å². The number of carbonyl (C=O) groups excluding carboxylic acids is 2. The molecule has 2 amide bonds. The molecule has 1 spiro atoms. The Morgan fingerprint density at radius 1 is 1.21 bits per heavy atom. The molecule has 108 valence electrons. The van der Waals surface area contributed by atoms with E-state index in [1.54, 1.807) is 0 Å². The van der Waals surface area contributed by atoms with Gasteiger partial charge in [0.2, 0.25) is 0 Å². The monoisotopic (exact) mass is 272 g/mol. The van der Waals surface area contributed by atoms with Crippen LogP contribution in [-0.2, 0) is 19.1 Å². The molecule has 0 bridgehead atoms. The Kier molecular flexibility index (Phi) is 4.73. The first-order chi connectivity index (χ1) is 9.15. The van der Waals surface area contributed by atoms with E-state index >= 15 is 0 Å². The Labute approximate surface area is 111 Å². The Morgan fingerprint density at radius 3 is 2.58 bits per heavy atom. The highest BCUT2D eigenvalue weighted by atomic mass is 16.7. The predicted octanol–water partition coefficient (Wildman–Crippen LogP) is -1.10. The SMILES string of the molecule is O=C(NCCO)C(=O)NC[C@@H]1COC2(CCCC2)O1. The van der Waals surface area contributed by atoms with Crippen LogP contribution in [0, 0.1) is 0 Å². The molecule has 1 saturated carbocycles. The van der Waals surface area contributed by atoms with Crippen molar-refractivity contribution >= 4 is 11.8 Å². The standard InChI is InChI=1S/C12H20N2O5/c15-6-5-13-10(16)11(17)14-7-9-8-18-12(19-9)3-1-2-4-12/h9,15H,1-8H2,(H,13,16)(H,14,17)/t9-/m1/s1. The Bertz CT molecular complexity index is 341. The number of aliphatic hydroxyl groups excluding tert-OH is 1. The number of amides is 2. The van der Waals surface area contributed by atoms with Gasteiger partial charge in [0.25, 0.3) is 0 Å². The van der Waals surface area contributed by atoms with E-state index in [4.69, 9.17) is 14.6 Å². The van der Waals surface area contributed by atoms with Crippen molar-refractivity contribution < 1.29 is 24.2 Å². The molecule has 0 aromatic rings. The van der Waals surface area contributed by atoms with Crippen molar-refractivity contribution in [3.8, 4) is 0 Å². The fraction of sp³-hybridized carbons (Fsp3) is 0.833.